The molecule has 0 radical (unpaired) electrons. The summed E-state index contributed by atoms with van der Waals surface area (Å²) in [5, 5.41) is 11.3. The van der Waals surface area contributed by atoms with Crippen molar-refractivity contribution < 1.29 is 14.7 Å². The van der Waals surface area contributed by atoms with Crippen molar-refractivity contribution in [2.45, 2.75) is 6.54 Å². The largest absolute Gasteiger partial charge is 0.395 e. The maximum Gasteiger partial charge on any atom is 0.243 e. The Morgan fingerprint density at radius 2 is 1.74 bits per heavy atom. The minimum Gasteiger partial charge on any atom is -0.395 e. The molecule has 0 atom stereocenters. The summed E-state index contributed by atoms with van der Waals surface area (Å²) >= 11 is 1.44. The van der Waals surface area contributed by atoms with Gasteiger partial charge in [-0.25, -0.2) is 0 Å². The van der Waals surface area contributed by atoms with Crippen LogP contribution in [0.5, 0.6) is 0 Å². The summed E-state index contributed by atoms with van der Waals surface area (Å²) in [5.74, 6) is 0.0517. The van der Waals surface area contributed by atoms with Crippen LogP contribution in [0.15, 0.2) is 66.1 Å². The van der Waals surface area contributed by atoms with Crippen LogP contribution in [0.25, 0.3) is 5.70 Å². The molecule has 0 fully saturated rings. The van der Waals surface area contributed by atoms with Crippen LogP contribution >= 0.6 is 11.8 Å². The molecule has 2 aromatic rings. The molecule has 3 rings (SSSR count). The van der Waals surface area contributed by atoms with E-state index in [9.17, 15) is 14.7 Å². The van der Waals surface area contributed by atoms with Gasteiger partial charge in [0.15, 0.2) is 0 Å². The van der Waals surface area contributed by atoms with Crippen molar-refractivity contribution in [3.63, 3.8) is 0 Å². The lowest BCUT2D eigenvalue weighted by Crippen LogP contribution is -2.44. The van der Waals surface area contributed by atoms with Crippen molar-refractivity contribution in [1.29, 1.82) is 0 Å². The zero-order chi connectivity index (χ0) is 19.1. The molecule has 0 bridgehead atoms. The topological polar surface area (TPSA) is 60.9 Å². The number of carbonyl (C=O) groups excluding carboxylic acids is 2. The van der Waals surface area contributed by atoms with Crippen LogP contribution in [0, 0.1) is 0 Å². The van der Waals surface area contributed by atoms with Gasteiger partial charge in [-0.2, -0.15) is 0 Å². The monoisotopic (exact) mass is 382 g/mol. The molecule has 27 heavy (non-hydrogen) atoms. The molecule has 140 valence electrons. The second kappa shape index (κ2) is 9.39. The SMILES string of the molecule is O=C(CN1C(=O)CSC=C1c1ccccc1)N(CCO)Cc1ccccc1. The van der Waals surface area contributed by atoms with E-state index in [2.05, 4.69) is 0 Å². The van der Waals surface area contributed by atoms with E-state index in [0.29, 0.717) is 12.3 Å². The molecule has 5 nitrogen and oxygen atoms in total. The highest BCUT2D eigenvalue weighted by Crippen LogP contribution is 2.28. The van der Waals surface area contributed by atoms with Crippen LogP contribution in [0.3, 0.4) is 0 Å². The van der Waals surface area contributed by atoms with Crippen molar-refractivity contribution in [3.05, 3.63) is 77.2 Å². The summed E-state index contributed by atoms with van der Waals surface area (Å²) in [6, 6.07) is 19.2. The Bertz CT molecular complexity index is 809. The van der Waals surface area contributed by atoms with Crippen LogP contribution in [0.2, 0.25) is 0 Å². The van der Waals surface area contributed by atoms with E-state index in [-0.39, 0.29) is 31.5 Å². The van der Waals surface area contributed by atoms with Crippen molar-refractivity contribution in [3.8, 4) is 0 Å². The van der Waals surface area contributed by atoms with Gasteiger partial charge in [-0.1, -0.05) is 60.7 Å². The highest BCUT2D eigenvalue weighted by Gasteiger charge is 2.27. The molecule has 0 saturated heterocycles. The molecule has 1 aliphatic rings. The van der Waals surface area contributed by atoms with E-state index in [0.717, 1.165) is 16.8 Å². The Balaban J connectivity index is 1.77. The van der Waals surface area contributed by atoms with Gasteiger partial charge in [-0.3, -0.25) is 9.59 Å². The minimum atomic E-state index is -0.185. The first-order valence-corrected chi connectivity index (χ1v) is 9.84. The molecule has 6 heteroatoms. The van der Waals surface area contributed by atoms with E-state index < -0.39 is 0 Å². The number of aliphatic hydroxyl groups excluding tert-OH is 1. The third-order valence-electron chi connectivity index (χ3n) is 4.30. The fourth-order valence-corrected chi connectivity index (χ4v) is 3.73. The number of hydrogen-bond acceptors (Lipinski definition) is 4. The maximum absolute atomic E-state index is 12.9. The average molecular weight is 382 g/mol. The summed E-state index contributed by atoms with van der Waals surface area (Å²) in [5.41, 5.74) is 2.63. The lowest BCUT2D eigenvalue weighted by Gasteiger charge is -2.31. The summed E-state index contributed by atoms with van der Waals surface area (Å²) < 4.78 is 0. The van der Waals surface area contributed by atoms with Crippen LogP contribution in [0.1, 0.15) is 11.1 Å². The fraction of sp³-hybridized carbons (Fsp3) is 0.238. The van der Waals surface area contributed by atoms with Gasteiger partial charge < -0.3 is 14.9 Å². The number of carbonyl (C=O) groups is 2. The Morgan fingerprint density at radius 3 is 2.41 bits per heavy atom. The van der Waals surface area contributed by atoms with Crippen molar-refractivity contribution in [1.82, 2.24) is 9.80 Å². The Morgan fingerprint density at radius 1 is 1.07 bits per heavy atom. The van der Waals surface area contributed by atoms with Gasteiger partial charge >= 0.3 is 0 Å². The number of hydrogen-bond donors (Lipinski definition) is 1. The van der Waals surface area contributed by atoms with Crippen LogP contribution in [-0.2, 0) is 16.1 Å². The van der Waals surface area contributed by atoms with Gasteiger partial charge in [0, 0.05) is 13.1 Å². The number of benzene rings is 2. The molecule has 0 saturated carbocycles. The standard InChI is InChI=1S/C21H22N2O3S/c24-12-11-22(13-17-7-3-1-4-8-17)20(25)14-23-19(15-27-16-21(23)26)18-9-5-2-6-10-18/h1-10,15,24H,11-14,16H2. The second-order valence-corrected chi connectivity index (χ2v) is 7.04. The average Bonchev–Trinajstić information content (AvgIpc) is 2.70. The zero-order valence-electron chi connectivity index (χ0n) is 15.0. The zero-order valence-corrected chi connectivity index (χ0v) is 15.8. The molecule has 0 unspecified atom stereocenters. The summed E-state index contributed by atoms with van der Waals surface area (Å²) in [4.78, 5) is 28.5. The van der Waals surface area contributed by atoms with Crippen LogP contribution in [-0.4, -0.2) is 52.2 Å². The smallest absolute Gasteiger partial charge is 0.243 e. The number of aliphatic hydroxyl groups is 1. The number of thioether (sulfide) groups is 1. The van der Waals surface area contributed by atoms with E-state index in [1.807, 2.05) is 66.1 Å². The molecule has 1 heterocycles. The molecule has 0 aliphatic carbocycles. The first kappa shape index (κ1) is 19.2. The lowest BCUT2D eigenvalue weighted by atomic mass is 10.1. The number of amides is 2. The molecular weight excluding hydrogens is 360 g/mol. The van der Waals surface area contributed by atoms with Gasteiger partial charge in [-0.05, 0) is 16.5 Å². The van der Waals surface area contributed by atoms with Crippen molar-refractivity contribution in [2.75, 3.05) is 25.4 Å². The fourth-order valence-electron chi connectivity index (χ4n) is 2.93. The lowest BCUT2D eigenvalue weighted by molar-refractivity contribution is -0.137. The highest BCUT2D eigenvalue weighted by atomic mass is 32.2. The van der Waals surface area contributed by atoms with Gasteiger partial charge in [0.25, 0.3) is 0 Å². The first-order chi connectivity index (χ1) is 13.2. The summed E-state index contributed by atoms with van der Waals surface area (Å²) in [7, 11) is 0. The van der Waals surface area contributed by atoms with E-state index >= 15 is 0 Å². The molecule has 1 aliphatic heterocycles. The van der Waals surface area contributed by atoms with Gasteiger partial charge in [0.1, 0.15) is 6.54 Å². The Labute approximate surface area is 163 Å². The van der Waals surface area contributed by atoms with Crippen molar-refractivity contribution in [2.24, 2.45) is 0 Å². The van der Waals surface area contributed by atoms with Crippen LogP contribution < -0.4 is 0 Å². The third kappa shape index (κ3) is 4.99. The molecule has 2 amide bonds. The van der Waals surface area contributed by atoms with Gasteiger partial charge in [-0.15, -0.1) is 11.8 Å². The normalized spacial score (nSPS) is 14.0. The van der Waals surface area contributed by atoms with Crippen molar-refractivity contribution >= 4 is 29.3 Å². The quantitative estimate of drug-likeness (QED) is 0.800. The maximum atomic E-state index is 12.9. The Kier molecular flexibility index (Phi) is 6.68. The van der Waals surface area contributed by atoms with Gasteiger partial charge in [0.05, 0.1) is 18.1 Å². The van der Waals surface area contributed by atoms with E-state index in [1.54, 1.807) is 9.80 Å². The Hall–Kier alpha value is -2.57. The summed E-state index contributed by atoms with van der Waals surface area (Å²) in [6.07, 6.45) is 0. The summed E-state index contributed by atoms with van der Waals surface area (Å²) in [6.45, 7) is 0.479. The predicted octanol–water partition coefficient (Wildman–Crippen LogP) is 2.58. The predicted molar refractivity (Wildman–Crippen MR) is 108 cm³/mol. The van der Waals surface area contributed by atoms with Crippen LogP contribution in [0.4, 0.5) is 0 Å². The number of nitrogens with zero attached hydrogens (tertiary/aromatic N) is 2. The highest BCUT2D eigenvalue weighted by molar-refractivity contribution is 8.03. The minimum absolute atomic E-state index is 0.0348. The molecule has 0 aromatic heterocycles. The second-order valence-electron chi connectivity index (χ2n) is 6.18. The molecular formula is C21H22N2O3S. The molecule has 2 aromatic carbocycles. The molecule has 1 N–H and O–H groups in total. The molecule has 0 spiro atoms. The third-order valence-corrected chi connectivity index (χ3v) is 5.10. The van der Waals surface area contributed by atoms with Gasteiger partial charge in [0.2, 0.25) is 11.8 Å². The van der Waals surface area contributed by atoms with E-state index in [4.69, 9.17) is 0 Å². The number of rotatable bonds is 7. The first-order valence-electron chi connectivity index (χ1n) is 8.79. The van der Waals surface area contributed by atoms with E-state index in [1.165, 1.54) is 11.8 Å².